The van der Waals surface area contributed by atoms with Crippen LogP contribution in [0.4, 0.5) is 0 Å². The number of halogens is 1. The minimum atomic E-state index is -0.131. The topological polar surface area (TPSA) is 17.1 Å². The summed E-state index contributed by atoms with van der Waals surface area (Å²) < 4.78 is 0. The molecule has 0 atom stereocenters. The summed E-state index contributed by atoms with van der Waals surface area (Å²) in [4.78, 5) is 12.8. The molecule has 0 rings (SSSR count). The Morgan fingerprint density at radius 2 is 2.00 bits per heavy atom. The third-order valence-corrected chi connectivity index (χ3v) is 3.36. The summed E-state index contributed by atoms with van der Waals surface area (Å²) in [5.74, 6) is 0.0679. The highest BCUT2D eigenvalue weighted by Crippen LogP contribution is 2.26. The van der Waals surface area contributed by atoms with Crippen molar-refractivity contribution in [3.05, 3.63) is 35.3 Å². The van der Waals surface area contributed by atoms with Crippen LogP contribution in [0, 0.1) is 5.41 Å². The van der Waals surface area contributed by atoms with Crippen molar-refractivity contribution >= 4 is 33.5 Å². The zero-order chi connectivity index (χ0) is 12.8. The smallest absolute Gasteiger partial charge is 0.173 e. The van der Waals surface area contributed by atoms with Crippen LogP contribution in [0.1, 0.15) is 20.8 Å². The molecule has 16 heavy (non-hydrogen) atoms. The fourth-order valence-corrected chi connectivity index (χ4v) is 2.10. The summed E-state index contributed by atoms with van der Waals surface area (Å²) in [5.41, 5.74) is 0.543. The lowest BCUT2D eigenvalue weighted by molar-refractivity contribution is -0.112. The van der Waals surface area contributed by atoms with Gasteiger partial charge in [0, 0.05) is 11.0 Å². The van der Waals surface area contributed by atoms with Crippen LogP contribution in [0.3, 0.4) is 0 Å². The Morgan fingerprint density at radius 3 is 2.38 bits per heavy atom. The molecule has 1 nitrogen and oxygen atoms in total. The second kappa shape index (κ2) is 7.13. The number of Topliss-reactive ketones (excluding diaryl/α,β-unsaturated/α-hetero) is 1. The van der Waals surface area contributed by atoms with Gasteiger partial charge in [-0.3, -0.25) is 4.79 Å². The maximum atomic E-state index is 11.6. The fraction of sp³-hybridized carbons (Fsp3) is 0.462. The summed E-state index contributed by atoms with van der Waals surface area (Å²) >= 11 is 4.88. The number of allylic oxidation sites excluding steroid dienone is 5. The first-order valence-electron chi connectivity index (χ1n) is 5.04. The Balaban J connectivity index is 5.09. The van der Waals surface area contributed by atoms with Gasteiger partial charge in [-0.2, -0.15) is 0 Å². The van der Waals surface area contributed by atoms with E-state index in [0.717, 1.165) is 0 Å². The Labute approximate surface area is 111 Å². The molecule has 0 N–H and O–H groups in total. The van der Waals surface area contributed by atoms with Gasteiger partial charge in [0.2, 0.25) is 0 Å². The van der Waals surface area contributed by atoms with Gasteiger partial charge in [0.1, 0.15) is 0 Å². The summed E-state index contributed by atoms with van der Waals surface area (Å²) in [6.07, 6.45) is 7.78. The average Bonchev–Trinajstić information content (AvgIpc) is 2.24. The first-order chi connectivity index (χ1) is 7.36. The number of alkyl halides is 1. The maximum Gasteiger partial charge on any atom is 0.173 e. The molecule has 0 aliphatic rings. The molecule has 0 aliphatic carbocycles. The molecule has 0 amide bonds. The molecule has 0 radical (unpaired) electrons. The summed E-state index contributed by atoms with van der Waals surface area (Å²) in [7, 11) is 0. The SMILES string of the molecule is C=C/C(=C\C(C)(C)/C=C(\C)SC)C(=O)CBr. The molecule has 0 aromatic rings. The van der Waals surface area contributed by atoms with Crippen molar-refractivity contribution < 1.29 is 4.79 Å². The largest absolute Gasteiger partial charge is 0.293 e. The van der Waals surface area contributed by atoms with E-state index in [0.29, 0.717) is 10.9 Å². The number of hydrogen-bond donors (Lipinski definition) is 0. The molecule has 0 aliphatic heterocycles. The van der Waals surface area contributed by atoms with Crippen LogP contribution in [-0.4, -0.2) is 17.4 Å². The van der Waals surface area contributed by atoms with E-state index in [1.165, 1.54) is 4.91 Å². The molecular weight excluding hydrogens is 284 g/mol. The zero-order valence-corrected chi connectivity index (χ0v) is 12.7. The van der Waals surface area contributed by atoms with E-state index >= 15 is 0 Å². The van der Waals surface area contributed by atoms with Crippen LogP contribution in [0.15, 0.2) is 35.3 Å². The minimum absolute atomic E-state index is 0.0679. The van der Waals surface area contributed by atoms with E-state index in [2.05, 4.69) is 49.4 Å². The maximum absolute atomic E-state index is 11.6. The summed E-state index contributed by atoms with van der Waals surface area (Å²) in [5, 5.41) is 0.339. The average molecular weight is 303 g/mol. The lowest BCUT2D eigenvalue weighted by atomic mass is 9.89. The van der Waals surface area contributed by atoms with E-state index < -0.39 is 0 Å². The van der Waals surface area contributed by atoms with E-state index in [9.17, 15) is 4.79 Å². The van der Waals surface area contributed by atoms with Crippen molar-refractivity contribution in [1.82, 2.24) is 0 Å². The lowest BCUT2D eigenvalue weighted by Gasteiger charge is -2.17. The van der Waals surface area contributed by atoms with E-state index in [-0.39, 0.29) is 11.2 Å². The van der Waals surface area contributed by atoms with Gasteiger partial charge in [-0.15, -0.1) is 11.8 Å². The second-order valence-corrected chi connectivity index (χ2v) is 5.75. The lowest BCUT2D eigenvalue weighted by Crippen LogP contribution is -2.09. The minimum Gasteiger partial charge on any atom is -0.293 e. The molecule has 0 saturated carbocycles. The Bertz CT molecular complexity index is 327. The quantitative estimate of drug-likeness (QED) is 0.412. The van der Waals surface area contributed by atoms with Crippen molar-refractivity contribution in [3.8, 4) is 0 Å². The number of ketones is 1. The third kappa shape index (κ3) is 5.71. The highest BCUT2D eigenvalue weighted by atomic mass is 79.9. The van der Waals surface area contributed by atoms with Crippen LogP contribution in [0.2, 0.25) is 0 Å². The summed E-state index contributed by atoms with van der Waals surface area (Å²) in [6.45, 7) is 9.91. The van der Waals surface area contributed by atoms with Gasteiger partial charge in [0.05, 0.1) is 5.33 Å². The molecule has 0 unspecified atom stereocenters. The molecule has 0 aromatic carbocycles. The fourth-order valence-electron chi connectivity index (χ4n) is 1.36. The Hall–Kier alpha value is -0.280. The molecule has 0 aromatic heterocycles. The molecule has 0 fully saturated rings. The van der Waals surface area contributed by atoms with Crippen LogP contribution in [-0.2, 0) is 4.79 Å². The number of thioether (sulfide) groups is 1. The molecule has 3 heteroatoms. The van der Waals surface area contributed by atoms with Gasteiger partial charge in [-0.05, 0) is 18.1 Å². The van der Waals surface area contributed by atoms with Crippen molar-refractivity contribution in [2.75, 3.05) is 11.6 Å². The predicted octanol–water partition coefficient (Wildman–Crippen LogP) is 4.36. The van der Waals surface area contributed by atoms with Gasteiger partial charge in [-0.1, -0.05) is 54.6 Å². The van der Waals surface area contributed by atoms with Gasteiger partial charge in [0.15, 0.2) is 5.78 Å². The van der Waals surface area contributed by atoms with Gasteiger partial charge in [0.25, 0.3) is 0 Å². The predicted molar refractivity (Wildman–Crippen MR) is 78.1 cm³/mol. The summed E-state index contributed by atoms with van der Waals surface area (Å²) in [6, 6.07) is 0. The van der Waals surface area contributed by atoms with Crippen molar-refractivity contribution in [3.63, 3.8) is 0 Å². The normalized spacial score (nSPS) is 13.8. The van der Waals surface area contributed by atoms with Crippen LogP contribution >= 0.6 is 27.7 Å². The Kier molecular flexibility index (Phi) is 7.00. The van der Waals surface area contributed by atoms with Crippen molar-refractivity contribution in [2.45, 2.75) is 20.8 Å². The first-order valence-corrected chi connectivity index (χ1v) is 7.39. The van der Waals surface area contributed by atoms with Gasteiger partial charge in [-0.25, -0.2) is 0 Å². The van der Waals surface area contributed by atoms with E-state index in [4.69, 9.17) is 0 Å². The standard InChI is InChI=1S/C13H19BrOS/c1-6-11(12(15)9-14)8-13(3,4)7-10(2)16-5/h6-8H,1,9H2,2-5H3/b10-7+,11-8+. The van der Waals surface area contributed by atoms with Crippen molar-refractivity contribution in [2.24, 2.45) is 5.41 Å². The Morgan fingerprint density at radius 1 is 1.44 bits per heavy atom. The molecular formula is C13H19BrOS. The van der Waals surface area contributed by atoms with Crippen LogP contribution < -0.4 is 0 Å². The number of carbonyl (C=O) groups excluding carboxylic acids is 1. The number of carbonyl (C=O) groups is 1. The van der Waals surface area contributed by atoms with E-state index in [1.807, 2.05) is 12.3 Å². The zero-order valence-electron chi connectivity index (χ0n) is 10.3. The third-order valence-electron chi connectivity index (χ3n) is 2.09. The highest BCUT2D eigenvalue weighted by molar-refractivity contribution is 9.09. The molecule has 0 saturated heterocycles. The number of hydrogen-bond acceptors (Lipinski definition) is 2. The number of rotatable bonds is 6. The first kappa shape index (κ1) is 15.7. The van der Waals surface area contributed by atoms with Gasteiger partial charge >= 0.3 is 0 Å². The highest BCUT2D eigenvalue weighted by Gasteiger charge is 2.15. The van der Waals surface area contributed by atoms with Crippen molar-refractivity contribution in [1.29, 1.82) is 0 Å². The van der Waals surface area contributed by atoms with E-state index in [1.54, 1.807) is 17.8 Å². The van der Waals surface area contributed by atoms with Crippen LogP contribution in [0.25, 0.3) is 0 Å². The molecule has 0 spiro atoms. The van der Waals surface area contributed by atoms with Gasteiger partial charge < -0.3 is 0 Å². The molecule has 0 bridgehead atoms. The second-order valence-electron chi connectivity index (χ2n) is 4.14. The molecule has 90 valence electrons. The van der Waals surface area contributed by atoms with Crippen LogP contribution in [0.5, 0.6) is 0 Å². The monoisotopic (exact) mass is 302 g/mol. The molecule has 0 heterocycles.